The molecule has 0 saturated heterocycles. The van der Waals surface area contributed by atoms with E-state index in [1.54, 1.807) is 0 Å². The number of aryl methyl sites for hydroxylation is 1. The van der Waals surface area contributed by atoms with Crippen LogP contribution in [-0.2, 0) is 43.8 Å². The number of carbonyl (C=O) groups excluding carboxylic acids is 3. The van der Waals surface area contributed by atoms with Gasteiger partial charge >= 0.3 is 13.8 Å². The number of benzene rings is 2. The molecule has 3 aliphatic carbocycles. The molecule has 6 N–H and O–H groups in total. The molecule has 2 fully saturated rings. The predicted molar refractivity (Wildman–Crippen MR) is 291 cm³/mol. The number of phosphoric ester groups is 1. The number of primary amides is 1. The normalized spacial score (nSPS) is 20.1. The Bertz CT molecular complexity index is 2010. The molecule has 16 heteroatoms. The third-order valence-electron chi connectivity index (χ3n) is 15.8. The standard InChI is InChI=1S/C58H94N3O12P/c1-4-6-8-10-12-14-16-18-20-22-36-70-74(66,71-37-23-21-19-17-15-13-11-9-7-5-2)73-45-25-27-46-44(42-45)24-26-48-47(46)32-34-58(3)49(48)28-31-52(58)69-38-33-53(62)61-35-39-67-40-41-68-43-54(63)72-51-30-29-50(59)56(64)55(51)57(60)65/h25,27,29-30,42,47-49,52,64H,4-24,26,28,31-41,43,59H2,1-3H3,(H2,60,65)(H,61,62). The molecule has 0 bridgehead atoms. The van der Waals surface area contributed by atoms with Gasteiger partial charge < -0.3 is 45.4 Å². The first-order valence-corrected chi connectivity index (χ1v) is 30.2. The fourth-order valence-electron chi connectivity index (χ4n) is 11.7. The van der Waals surface area contributed by atoms with E-state index in [2.05, 4.69) is 38.2 Å². The molecule has 15 nitrogen and oxygen atoms in total. The highest BCUT2D eigenvalue weighted by atomic mass is 31.2. The number of nitrogens with two attached hydrogens (primary N) is 2. The van der Waals surface area contributed by atoms with Crippen LogP contribution in [0.2, 0.25) is 0 Å². The van der Waals surface area contributed by atoms with Gasteiger partial charge in [0.25, 0.3) is 5.91 Å². The maximum Gasteiger partial charge on any atom is 0.530 e. The first-order chi connectivity index (χ1) is 35.9. The maximum absolute atomic E-state index is 14.3. The molecule has 5 atom stereocenters. The zero-order valence-electron chi connectivity index (χ0n) is 45.5. The van der Waals surface area contributed by atoms with Gasteiger partial charge in [0, 0.05) is 13.0 Å². The van der Waals surface area contributed by atoms with Crippen molar-refractivity contribution in [3.63, 3.8) is 0 Å². The van der Waals surface area contributed by atoms with Gasteiger partial charge in [-0.2, -0.15) is 0 Å². The maximum atomic E-state index is 14.3. The predicted octanol–water partition coefficient (Wildman–Crippen LogP) is 12.8. The van der Waals surface area contributed by atoms with Gasteiger partial charge in [-0.05, 0) is 110 Å². The quantitative estimate of drug-likeness (QED) is 0.0122. The number of anilines is 1. The minimum Gasteiger partial charge on any atom is -0.505 e. The first-order valence-electron chi connectivity index (χ1n) is 28.8. The van der Waals surface area contributed by atoms with Crippen molar-refractivity contribution in [2.75, 3.05) is 58.5 Å². The number of nitrogen functional groups attached to an aromatic ring is 1. The number of nitrogens with one attached hydrogen (secondary N) is 1. The average Bonchev–Trinajstić information content (AvgIpc) is 3.72. The van der Waals surface area contributed by atoms with Gasteiger partial charge in [-0.15, -0.1) is 0 Å². The third-order valence-corrected chi connectivity index (χ3v) is 17.2. The lowest BCUT2D eigenvalue weighted by Crippen LogP contribution is -2.45. The molecule has 0 aliphatic heterocycles. The summed E-state index contributed by atoms with van der Waals surface area (Å²) in [4.78, 5) is 36.6. The fourth-order valence-corrected chi connectivity index (χ4v) is 12.9. The van der Waals surface area contributed by atoms with Crippen LogP contribution >= 0.6 is 7.82 Å². The summed E-state index contributed by atoms with van der Waals surface area (Å²) in [6.07, 6.45) is 31.0. The highest BCUT2D eigenvalue weighted by molar-refractivity contribution is 7.48. The van der Waals surface area contributed by atoms with Crippen molar-refractivity contribution in [2.45, 2.75) is 206 Å². The van der Waals surface area contributed by atoms with Gasteiger partial charge in [-0.3, -0.25) is 18.6 Å². The Morgan fingerprint density at radius 2 is 1.34 bits per heavy atom. The molecular weight excluding hydrogens is 962 g/mol. The van der Waals surface area contributed by atoms with E-state index < -0.39 is 32.1 Å². The molecule has 5 unspecified atom stereocenters. The summed E-state index contributed by atoms with van der Waals surface area (Å²) in [5.41, 5.74) is 13.1. The number of amides is 2. The molecule has 2 aromatic carbocycles. The Morgan fingerprint density at radius 1 is 0.730 bits per heavy atom. The van der Waals surface area contributed by atoms with Gasteiger partial charge in [-0.25, -0.2) is 9.36 Å². The van der Waals surface area contributed by atoms with Crippen molar-refractivity contribution in [1.29, 1.82) is 0 Å². The van der Waals surface area contributed by atoms with Crippen LogP contribution in [0.3, 0.4) is 0 Å². The van der Waals surface area contributed by atoms with Crippen LogP contribution < -0.4 is 26.0 Å². The molecule has 0 heterocycles. The van der Waals surface area contributed by atoms with Crippen molar-refractivity contribution in [2.24, 2.45) is 23.0 Å². The number of phosphoric acid groups is 1. The molecule has 2 aromatic rings. The number of hydrogen-bond acceptors (Lipinski definition) is 13. The SMILES string of the molecule is CCCCCCCCCCCCOP(=O)(OCCCCCCCCCCCC)Oc1ccc2c(c1)CCC1C2CCC2(C)C(OCCC(=O)NCCOCCOCC(=O)Oc3ccc(N)c(O)c3C(N)=O)CCC12. The number of phenols is 1. The average molecular weight is 1060 g/mol. The lowest BCUT2D eigenvalue weighted by Gasteiger charge is -2.50. The van der Waals surface area contributed by atoms with Crippen molar-refractivity contribution >= 4 is 31.3 Å². The molecule has 2 amide bonds. The molecule has 0 spiro atoms. The monoisotopic (exact) mass is 1060 g/mol. The molecule has 418 valence electrons. The van der Waals surface area contributed by atoms with E-state index >= 15 is 0 Å². The number of ether oxygens (including phenoxy) is 4. The summed E-state index contributed by atoms with van der Waals surface area (Å²) in [5.74, 6) is -0.547. The fraction of sp³-hybridized carbons (Fsp3) is 0.741. The summed E-state index contributed by atoms with van der Waals surface area (Å²) in [5, 5.41) is 12.9. The van der Waals surface area contributed by atoms with Crippen LogP contribution in [0.15, 0.2) is 30.3 Å². The molecule has 2 saturated carbocycles. The van der Waals surface area contributed by atoms with Crippen LogP contribution in [0, 0.1) is 17.3 Å². The van der Waals surface area contributed by atoms with E-state index in [0.717, 1.165) is 64.2 Å². The number of rotatable bonds is 40. The second kappa shape index (κ2) is 33.4. The van der Waals surface area contributed by atoms with Gasteiger partial charge in [0.15, 0.2) is 5.75 Å². The van der Waals surface area contributed by atoms with Crippen molar-refractivity contribution in [1.82, 2.24) is 5.32 Å². The van der Waals surface area contributed by atoms with Gasteiger partial charge in [-0.1, -0.05) is 142 Å². The van der Waals surface area contributed by atoms with E-state index in [9.17, 15) is 24.1 Å². The minimum atomic E-state index is -3.81. The van der Waals surface area contributed by atoms with Crippen molar-refractivity contribution < 1.29 is 56.6 Å². The highest BCUT2D eigenvalue weighted by Gasteiger charge is 2.55. The number of hydrogen-bond donors (Lipinski definition) is 4. The Labute approximate surface area is 443 Å². The van der Waals surface area contributed by atoms with Crippen LogP contribution in [0.1, 0.15) is 215 Å². The van der Waals surface area contributed by atoms with E-state index in [1.165, 1.54) is 126 Å². The molecular formula is C58H94N3O12P. The van der Waals surface area contributed by atoms with Crippen LogP contribution in [0.25, 0.3) is 0 Å². The van der Waals surface area contributed by atoms with Gasteiger partial charge in [0.05, 0.1) is 51.4 Å². The number of aromatic hydroxyl groups is 1. The van der Waals surface area contributed by atoms with E-state index in [4.69, 9.17) is 44.0 Å². The molecule has 74 heavy (non-hydrogen) atoms. The smallest absolute Gasteiger partial charge is 0.505 e. The number of unbranched alkanes of at least 4 members (excludes halogenated alkanes) is 18. The summed E-state index contributed by atoms with van der Waals surface area (Å²) >= 11 is 0. The summed E-state index contributed by atoms with van der Waals surface area (Å²) in [6.45, 7) is 8.43. The number of esters is 1. The summed E-state index contributed by atoms with van der Waals surface area (Å²) < 4.78 is 55.0. The van der Waals surface area contributed by atoms with Crippen molar-refractivity contribution in [3.05, 3.63) is 47.0 Å². The third kappa shape index (κ3) is 20.0. The lowest BCUT2D eigenvalue weighted by molar-refractivity contribution is -0.140. The Kier molecular flexibility index (Phi) is 27.6. The second-order valence-corrected chi connectivity index (χ2v) is 22.9. The Balaban J connectivity index is 0.998. The number of fused-ring (bicyclic) bond motifs is 5. The molecule has 0 aromatic heterocycles. The zero-order chi connectivity index (χ0) is 53.0. The van der Waals surface area contributed by atoms with Crippen molar-refractivity contribution in [3.8, 4) is 17.2 Å². The number of carbonyl (C=O) groups is 3. The molecule has 0 radical (unpaired) electrons. The molecule has 3 aliphatic rings. The van der Waals surface area contributed by atoms with Gasteiger partial charge in [0.1, 0.15) is 23.7 Å². The molecule has 5 rings (SSSR count). The van der Waals surface area contributed by atoms with E-state index in [0.29, 0.717) is 49.9 Å². The lowest BCUT2D eigenvalue weighted by atomic mass is 9.55. The van der Waals surface area contributed by atoms with Crippen LogP contribution in [0.5, 0.6) is 17.2 Å². The van der Waals surface area contributed by atoms with Gasteiger partial charge in [0.2, 0.25) is 5.91 Å². The largest absolute Gasteiger partial charge is 0.530 e. The zero-order valence-corrected chi connectivity index (χ0v) is 46.4. The minimum absolute atomic E-state index is 0.0557. The second-order valence-electron chi connectivity index (χ2n) is 21.3. The van der Waals surface area contributed by atoms with E-state index in [1.807, 2.05) is 6.07 Å². The Hall–Kier alpha value is -3.72. The topological polar surface area (TPSA) is 217 Å². The summed E-state index contributed by atoms with van der Waals surface area (Å²) in [6, 6.07) is 8.84. The van der Waals surface area contributed by atoms with Crippen LogP contribution in [0.4, 0.5) is 5.69 Å². The van der Waals surface area contributed by atoms with E-state index in [-0.39, 0.29) is 60.7 Å². The Morgan fingerprint density at radius 3 is 1.96 bits per heavy atom. The summed E-state index contributed by atoms with van der Waals surface area (Å²) in [7, 11) is -3.81. The highest BCUT2D eigenvalue weighted by Crippen LogP contribution is 2.62. The first kappa shape index (κ1) is 61.1. The van der Waals surface area contributed by atoms with Crippen LogP contribution in [-0.4, -0.2) is 81.8 Å².